The number of carbonyl (C=O) groups is 2. The van der Waals surface area contributed by atoms with Gasteiger partial charge in [-0.1, -0.05) is 6.07 Å². The fourth-order valence-electron chi connectivity index (χ4n) is 4.48. The molecule has 11 nitrogen and oxygen atoms in total. The van der Waals surface area contributed by atoms with E-state index in [4.69, 9.17) is 4.74 Å². The Hall–Kier alpha value is -3.93. The number of hydrogen-bond acceptors (Lipinski definition) is 6. The molecule has 0 aliphatic carbocycles. The van der Waals surface area contributed by atoms with E-state index in [1.165, 1.54) is 7.05 Å². The quantitative estimate of drug-likeness (QED) is 0.505. The number of alkyl halides is 1. The minimum absolute atomic E-state index is 0.159. The van der Waals surface area contributed by atoms with Crippen LogP contribution in [-0.2, 0) is 6.54 Å². The van der Waals surface area contributed by atoms with Crippen molar-refractivity contribution < 1.29 is 28.9 Å². The summed E-state index contributed by atoms with van der Waals surface area (Å²) in [6, 6.07) is 7.40. The lowest BCUT2D eigenvalue weighted by atomic mass is 9.93. The molecular formula is C24H27FN6O5. The number of hydrogen-bond donors (Lipinski definition) is 3. The summed E-state index contributed by atoms with van der Waals surface area (Å²) in [4.78, 5) is 40.3. The molecule has 0 unspecified atom stereocenters. The number of nitrogens with one attached hydrogen (secondary N) is 1. The standard InChI is InChI=1S/C24H27FN6O5/c1-29(23(33)34)21-27-18-11-16(12-26-20(18)28-21)15-2-3-19-17(10-15)13-31(8-9-36-19)22(32)30-6-4-24(35,14-25)5-7-30/h2-3,10-12,35H,4-9,13-14H2,1H3,(H,33,34)(H,26,27,28). The zero-order chi connectivity index (χ0) is 25.4. The van der Waals surface area contributed by atoms with Crippen molar-refractivity contribution in [3.05, 3.63) is 36.0 Å². The number of likely N-dealkylation sites (tertiary alicyclic amines) is 1. The number of H-pyrrole nitrogens is 1. The summed E-state index contributed by atoms with van der Waals surface area (Å²) in [7, 11) is 1.39. The van der Waals surface area contributed by atoms with Crippen molar-refractivity contribution in [1.29, 1.82) is 0 Å². The SMILES string of the molecule is CN(C(=O)O)c1nc2ncc(-c3ccc4c(c3)CN(C(=O)N3CCC(O)(CF)CC3)CCO4)cc2[nH]1. The maximum Gasteiger partial charge on any atom is 0.413 e. The highest BCUT2D eigenvalue weighted by Crippen LogP contribution is 2.31. The van der Waals surface area contributed by atoms with Crippen LogP contribution in [0.4, 0.5) is 19.9 Å². The molecule has 2 aliphatic heterocycles. The molecule has 5 rings (SSSR count). The van der Waals surface area contributed by atoms with E-state index in [-0.39, 0.29) is 24.8 Å². The number of aromatic nitrogens is 3. The van der Waals surface area contributed by atoms with Gasteiger partial charge in [0.25, 0.3) is 0 Å². The third kappa shape index (κ3) is 4.51. The number of anilines is 1. The Bertz CT molecular complexity index is 1310. The average Bonchev–Trinajstić information content (AvgIpc) is 3.19. The maximum absolute atomic E-state index is 13.2. The summed E-state index contributed by atoms with van der Waals surface area (Å²) in [6.45, 7) is 0.908. The minimum Gasteiger partial charge on any atom is -0.491 e. The summed E-state index contributed by atoms with van der Waals surface area (Å²) in [5.41, 5.74) is 2.15. The number of nitrogens with zero attached hydrogens (tertiary/aromatic N) is 5. The van der Waals surface area contributed by atoms with Crippen LogP contribution in [0.25, 0.3) is 22.3 Å². The number of rotatable bonds is 3. The number of fused-ring (bicyclic) bond motifs is 2. The zero-order valence-corrected chi connectivity index (χ0v) is 19.8. The first-order valence-electron chi connectivity index (χ1n) is 11.7. The number of imidazole rings is 1. The molecule has 12 heteroatoms. The highest BCUT2D eigenvalue weighted by molar-refractivity contribution is 5.87. The van der Waals surface area contributed by atoms with Crippen LogP contribution in [-0.4, -0.2) is 92.7 Å². The molecule has 36 heavy (non-hydrogen) atoms. The number of ether oxygens (including phenoxy) is 1. The summed E-state index contributed by atoms with van der Waals surface area (Å²) < 4.78 is 19.0. The molecule has 2 aromatic heterocycles. The molecule has 0 saturated carbocycles. The highest BCUT2D eigenvalue weighted by atomic mass is 19.1. The summed E-state index contributed by atoms with van der Waals surface area (Å²) in [5.74, 6) is 0.870. The van der Waals surface area contributed by atoms with Gasteiger partial charge in [-0.05, 0) is 36.6 Å². The molecule has 0 bridgehead atoms. The Balaban J connectivity index is 1.36. The maximum atomic E-state index is 13.2. The molecule has 2 aliphatic rings. The van der Waals surface area contributed by atoms with E-state index in [1.54, 1.807) is 16.0 Å². The molecule has 1 fully saturated rings. The van der Waals surface area contributed by atoms with Crippen molar-refractivity contribution in [2.45, 2.75) is 25.0 Å². The predicted octanol–water partition coefficient (Wildman–Crippen LogP) is 2.85. The van der Waals surface area contributed by atoms with Crippen molar-refractivity contribution in [2.24, 2.45) is 0 Å². The first-order chi connectivity index (χ1) is 17.3. The number of carboxylic acid groups (broad SMARTS) is 1. The van der Waals surface area contributed by atoms with Crippen molar-refractivity contribution in [2.75, 3.05) is 44.9 Å². The summed E-state index contributed by atoms with van der Waals surface area (Å²) in [6.07, 6.45) is 0.956. The van der Waals surface area contributed by atoms with Gasteiger partial charge in [0.2, 0.25) is 5.95 Å². The Labute approximate surface area is 206 Å². The Kier molecular flexibility index (Phi) is 6.12. The molecule has 3 amide bonds. The van der Waals surface area contributed by atoms with Gasteiger partial charge in [0.05, 0.1) is 24.2 Å². The molecule has 3 N–H and O–H groups in total. The third-order valence-corrected chi connectivity index (χ3v) is 6.79. The number of aromatic amines is 1. The van der Waals surface area contributed by atoms with E-state index in [9.17, 15) is 24.2 Å². The van der Waals surface area contributed by atoms with Crippen LogP contribution in [0.2, 0.25) is 0 Å². The van der Waals surface area contributed by atoms with E-state index in [0.29, 0.717) is 49.7 Å². The first kappa shape index (κ1) is 23.8. The minimum atomic E-state index is -1.34. The van der Waals surface area contributed by atoms with Gasteiger partial charge in [-0.2, -0.15) is 4.98 Å². The lowest BCUT2D eigenvalue weighted by Crippen LogP contribution is -2.52. The monoisotopic (exact) mass is 498 g/mol. The Morgan fingerprint density at radius 1 is 1.19 bits per heavy atom. The van der Waals surface area contributed by atoms with Gasteiger partial charge in [0.15, 0.2) is 5.65 Å². The highest BCUT2D eigenvalue weighted by Gasteiger charge is 2.35. The van der Waals surface area contributed by atoms with E-state index in [2.05, 4.69) is 15.0 Å². The molecule has 4 heterocycles. The Morgan fingerprint density at radius 3 is 2.69 bits per heavy atom. The van der Waals surface area contributed by atoms with Crippen molar-refractivity contribution >= 4 is 29.2 Å². The lowest BCUT2D eigenvalue weighted by Gasteiger charge is -2.38. The van der Waals surface area contributed by atoms with Gasteiger partial charge in [-0.25, -0.2) is 19.0 Å². The number of carbonyl (C=O) groups excluding carboxylic acids is 1. The van der Waals surface area contributed by atoms with Gasteiger partial charge >= 0.3 is 12.1 Å². The molecule has 1 saturated heterocycles. The number of piperidine rings is 1. The average molecular weight is 499 g/mol. The van der Waals surface area contributed by atoms with Crippen molar-refractivity contribution in [3.8, 4) is 16.9 Å². The molecule has 0 spiro atoms. The largest absolute Gasteiger partial charge is 0.491 e. The van der Waals surface area contributed by atoms with Gasteiger partial charge in [-0.3, -0.25) is 4.90 Å². The Morgan fingerprint density at radius 2 is 1.97 bits per heavy atom. The zero-order valence-electron chi connectivity index (χ0n) is 19.8. The van der Waals surface area contributed by atoms with Crippen LogP contribution < -0.4 is 9.64 Å². The van der Waals surface area contributed by atoms with Crippen molar-refractivity contribution in [3.63, 3.8) is 0 Å². The van der Waals surface area contributed by atoms with Crippen LogP contribution in [0, 0.1) is 0 Å². The number of urea groups is 1. The van der Waals surface area contributed by atoms with Crippen LogP contribution in [0.15, 0.2) is 30.5 Å². The molecular weight excluding hydrogens is 471 g/mol. The van der Waals surface area contributed by atoms with Crippen LogP contribution in [0.5, 0.6) is 5.75 Å². The normalized spacial score (nSPS) is 17.3. The first-order valence-corrected chi connectivity index (χ1v) is 11.7. The van der Waals surface area contributed by atoms with Gasteiger partial charge in [0, 0.05) is 37.5 Å². The lowest BCUT2D eigenvalue weighted by molar-refractivity contribution is -0.0329. The molecule has 3 aromatic rings. The van der Waals surface area contributed by atoms with Crippen molar-refractivity contribution in [1.82, 2.24) is 24.8 Å². The second-order valence-corrected chi connectivity index (χ2v) is 9.22. The molecule has 0 radical (unpaired) electrons. The third-order valence-electron chi connectivity index (χ3n) is 6.79. The number of halogens is 1. The van der Waals surface area contributed by atoms with Gasteiger partial charge in [-0.15, -0.1) is 0 Å². The number of aliphatic hydroxyl groups is 1. The summed E-state index contributed by atoms with van der Waals surface area (Å²) >= 11 is 0. The van der Waals surface area contributed by atoms with E-state index >= 15 is 0 Å². The van der Waals surface area contributed by atoms with Gasteiger partial charge < -0.3 is 29.7 Å². The number of benzene rings is 1. The van der Waals surface area contributed by atoms with Crippen LogP contribution in [0.3, 0.4) is 0 Å². The number of amides is 3. The second-order valence-electron chi connectivity index (χ2n) is 9.22. The molecule has 190 valence electrons. The number of pyridine rings is 1. The smallest absolute Gasteiger partial charge is 0.413 e. The van der Waals surface area contributed by atoms with Crippen LogP contribution >= 0.6 is 0 Å². The van der Waals surface area contributed by atoms with E-state index in [0.717, 1.165) is 21.6 Å². The molecule has 1 aromatic carbocycles. The second kappa shape index (κ2) is 9.26. The predicted molar refractivity (Wildman–Crippen MR) is 129 cm³/mol. The van der Waals surface area contributed by atoms with Crippen LogP contribution in [0.1, 0.15) is 18.4 Å². The topological polar surface area (TPSA) is 135 Å². The molecule has 0 atom stereocenters. The fourth-order valence-corrected chi connectivity index (χ4v) is 4.48. The van der Waals surface area contributed by atoms with E-state index < -0.39 is 18.4 Å². The van der Waals surface area contributed by atoms with E-state index in [1.807, 2.05) is 24.3 Å². The van der Waals surface area contributed by atoms with Gasteiger partial charge in [0.1, 0.15) is 19.0 Å². The summed E-state index contributed by atoms with van der Waals surface area (Å²) in [5, 5.41) is 19.3. The fraction of sp³-hybridized carbons (Fsp3) is 0.417.